The zero-order chi connectivity index (χ0) is 15.8. The fourth-order valence-electron chi connectivity index (χ4n) is 1.08. The summed E-state index contributed by atoms with van der Waals surface area (Å²) in [4.78, 5) is 32.9. The van der Waals surface area contributed by atoms with Gasteiger partial charge in [0, 0.05) is 18.7 Å². The number of carbonyl (C=O) groups excluding carboxylic acids is 2. The molecule has 20 heavy (non-hydrogen) atoms. The molecule has 0 aliphatic heterocycles. The minimum absolute atomic E-state index is 0.0436. The van der Waals surface area contributed by atoms with Crippen LogP contribution in [0.4, 0.5) is 4.79 Å². The first-order valence-electron chi connectivity index (χ1n) is 5.93. The Balaban J connectivity index is 4.19. The van der Waals surface area contributed by atoms with Crippen LogP contribution in [0.2, 0.25) is 0 Å². The van der Waals surface area contributed by atoms with Crippen LogP contribution in [0.5, 0.6) is 0 Å². The second-order valence-electron chi connectivity index (χ2n) is 4.94. The lowest BCUT2D eigenvalue weighted by Gasteiger charge is -2.21. The molecule has 8 nitrogen and oxygen atoms in total. The van der Waals surface area contributed by atoms with E-state index < -0.39 is 36.2 Å². The Kier molecular flexibility index (Phi) is 7.30. The lowest BCUT2D eigenvalue weighted by Crippen LogP contribution is -2.46. The van der Waals surface area contributed by atoms with Crippen LogP contribution in [-0.2, 0) is 14.3 Å². The largest absolute Gasteiger partial charge is 0.478 e. The van der Waals surface area contributed by atoms with E-state index in [0.29, 0.717) is 6.08 Å². The summed E-state index contributed by atoms with van der Waals surface area (Å²) in [6.07, 6.45) is 0.815. The number of amides is 2. The van der Waals surface area contributed by atoms with Crippen molar-refractivity contribution in [3.63, 3.8) is 0 Å². The summed E-state index contributed by atoms with van der Waals surface area (Å²) in [5.41, 5.74) is -0.647. The van der Waals surface area contributed by atoms with Crippen LogP contribution in [0.3, 0.4) is 0 Å². The highest BCUT2D eigenvalue weighted by molar-refractivity contribution is 5.94. The standard InChI is InChI=1S/C12H20N2O6/c1-12(2,3)20-11(19)13-6-8(7-15)14-9(16)4-5-10(17)18/h4-5,8,15H,6-7H2,1-3H3,(H,13,19)(H,14,16)(H,17,18)/b5-4-/t8-/m0/s1. The predicted molar refractivity (Wildman–Crippen MR) is 70.0 cm³/mol. The van der Waals surface area contributed by atoms with E-state index in [4.69, 9.17) is 14.9 Å². The van der Waals surface area contributed by atoms with E-state index in [1.807, 2.05) is 0 Å². The molecule has 0 spiro atoms. The van der Waals surface area contributed by atoms with E-state index in [-0.39, 0.29) is 6.54 Å². The van der Waals surface area contributed by atoms with Gasteiger partial charge in [-0.1, -0.05) is 0 Å². The topological polar surface area (TPSA) is 125 Å². The molecule has 114 valence electrons. The van der Waals surface area contributed by atoms with E-state index in [1.54, 1.807) is 20.8 Å². The van der Waals surface area contributed by atoms with Crippen molar-refractivity contribution in [2.75, 3.05) is 13.2 Å². The Morgan fingerprint density at radius 3 is 2.30 bits per heavy atom. The van der Waals surface area contributed by atoms with Gasteiger partial charge in [-0.25, -0.2) is 9.59 Å². The normalized spacial score (nSPS) is 12.8. The number of carboxylic acid groups (broad SMARTS) is 1. The first-order chi connectivity index (χ1) is 9.14. The zero-order valence-corrected chi connectivity index (χ0v) is 11.7. The number of nitrogens with one attached hydrogen (secondary N) is 2. The predicted octanol–water partition coefficient (Wildman–Crippen LogP) is -0.371. The molecule has 0 heterocycles. The molecule has 0 aromatic heterocycles. The summed E-state index contributed by atoms with van der Waals surface area (Å²) in [5.74, 6) is -1.94. The molecule has 0 aromatic rings. The van der Waals surface area contributed by atoms with Gasteiger partial charge in [0.25, 0.3) is 0 Å². The van der Waals surface area contributed by atoms with Crippen LogP contribution in [0.25, 0.3) is 0 Å². The highest BCUT2D eigenvalue weighted by Crippen LogP contribution is 2.06. The number of hydrogen-bond acceptors (Lipinski definition) is 5. The van der Waals surface area contributed by atoms with Crippen molar-refractivity contribution in [2.45, 2.75) is 32.4 Å². The van der Waals surface area contributed by atoms with Crippen LogP contribution in [0.1, 0.15) is 20.8 Å². The van der Waals surface area contributed by atoms with Crippen molar-refractivity contribution in [1.29, 1.82) is 0 Å². The minimum atomic E-state index is -1.26. The molecule has 2 amide bonds. The SMILES string of the molecule is CC(C)(C)OC(=O)NC[C@@H](CO)NC(=O)/C=C\C(=O)O. The van der Waals surface area contributed by atoms with Crippen molar-refractivity contribution in [1.82, 2.24) is 10.6 Å². The third-order valence-corrected chi connectivity index (χ3v) is 1.84. The lowest BCUT2D eigenvalue weighted by atomic mass is 10.2. The van der Waals surface area contributed by atoms with E-state index >= 15 is 0 Å². The summed E-state index contributed by atoms with van der Waals surface area (Å²) >= 11 is 0. The minimum Gasteiger partial charge on any atom is -0.478 e. The Labute approximate surface area is 116 Å². The monoisotopic (exact) mass is 288 g/mol. The Morgan fingerprint density at radius 2 is 1.85 bits per heavy atom. The third-order valence-electron chi connectivity index (χ3n) is 1.84. The average Bonchev–Trinajstić information content (AvgIpc) is 2.29. The number of rotatable bonds is 6. The molecule has 0 aliphatic carbocycles. The smallest absolute Gasteiger partial charge is 0.407 e. The first-order valence-corrected chi connectivity index (χ1v) is 5.93. The van der Waals surface area contributed by atoms with Crippen molar-refractivity contribution in [2.24, 2.45) is 0 Å². The number of carbonyl (C=O) groups is 3. The maximum atomic E-state index is 11.4. The number of aliphatic hydroxyl groups excluding tert-OH is 1. The van der Waals surface area contributed by atoms with Gasteiger partial charge in [-0.2, -0.15) is 0 Å². The van der Waals surface area contributed by atoms with E-state index in [9.17, 15) is 14.4 Å². The molecular formula is C12H20N2O6. The van der Waals surface area contributed by atoms with Gasteiger partial charge in [-0.05, 0) is 20.8 Å². The van der Waals surface area contributed by atoms with Gasteiger partial charge in [0.05, 0.1) is 12.6 Å². The van der Waals surface area contributed by atoms with E-state index in [2.05, 4.69) is 10.6 Å². The Hall–Kier alpha value is -2.09. The van der Waals surface area contributed by atoms with Gasteiger partial charge in [0.15, 0.2) is 0 Å². The number of carboxylic acids is 1. The number of aliphatic carboxylic acids is 1. The molecule has 0 rings (SSSR count). The van der Waals surface area contributed by atoms with Crippen molar-refractivity contribution in [3.05, 3.63) is 12.2 Å². The van der Waals surface area contributed by atoms with Crippen molar-refractivity contribution < 1.29 is 29.3 Å². The molecule has 1 atom stereocenters. The fourth-order valence-corrected chi connectivity index (χ4v) is 1.08. The maximum Gasteiger partial charge on any atom is 0.407 e. The molecule has 0 radical (unpaired) electrons. The molecule has 0 bridgehead atoms. The van der Waals surface area contributed by atoms with Gasteiger partial charge < -0.3 is 25.6 Å². The summed E-state index contributed by atoms with van der Waals surface area (Å²) in [6, 6.07) is -0.742. The Bertz CT molecular complexity index is 386. The summed E-state index contributed by atoms with van der Waals surface area (Å²) in [7, 11) is 0. The molecule has 0 aromatic carbocycles. The van der Waals surface area contributed by atoms with Crippen LogP contribution < -0.4 is 10.6 Å². The molecule has 8 heteroatoms. The zero-order valence-electron chi connectivity index (χ0n) is 11.7. The molecule has 0 saturated heterocycles. The summed E-state index contributed by atoms with van der Waals surface area (Å²) in [5, 5.41) is 22.1. The third kappa shape index (κ3) is 9.89. The number of aliphatic hydroxyl groups is 1. The maximum absolute atomic E-state index is 11.4. The number of hydrogen-bond donors (Lipinski definition) is 4. The van der Waals surface area contributed by atoms with Gasteiger partial charge in [-0.15, -0.1) is 0 Å². The van der Waals surface area contributed by atoms with E-state index in [0.717, 1.165) is 6.08 Å². The number of ether oxygens (including phenoxy) is 1. The van der Waals surface area contributed by atoms with Gasteiger partial charge >= 0.3 is 12.1 Å². The molecule has 0 unspecified atom stereocenters. The van der Waals surface area contributed by atoms with Gasteiger partial charge in [0.2, 0.25) is 5.91 Å². The van der Waals surface area contributed by atoms with Crippen LogP contribution >= 0.6 is 0 Å². The summed E-state index contributed by atoms with van der Waals surface area (Å²) in [6.45, 7) is 4.65. The van der Waals surface area contributed by atoms with E-state index in [1.165, 1.54) is 0 Å². The second kappa shape index (κ2) is 8.16. The highest BCUT2D eigenvalue weighted by atomic mass is 16.6. The molecule has 0 fully saturated rings. The molecule has 4 N–H and O–H groups in total. The van der Waals surface area contributed by atoms with Gasteiger partial charge in [0.1, 0.15) is 5.60 Å². The molecule has 0 saturated carbocycles. The van der Waals surface area contributed by atoms with Crippen LogP contribution in [0, 0.1) is 0 Å². The number of alkyl carbamates (subject to hydrolysis) is 1. The fraction of sp³-hybridized carbons (Fsp3) is 0.583. The van der Waals surface area contributed by atoms with Crippen molar-refractivity contribution in [3.8, 4) is 0 Å². The quantitative estimate of drug-likeness (QED) is 0.494. The van der Waals surface area contributed by atoms with Crippen molar-refractivity contribution >= 4 is 18.0 Å². The lowest BCUT2D eigenvalue weighted by molar-refractivity contribution is -0.131. The second-order valence-corrected chi connectivity index (χ2v) is 4.94. The highest BCUT2D eigenvalue weighted by Gasteiger charge is 2.17. The van der Waals surface area contributed by atoms with Gasteiger partial charge in [-0.3, -0.25) is 4.79 Å². The van der Waals surface area contributed by atoms with Crippen LogP contribution in [0.15, 0.2) is 12.2 Å². The Morgan fingerprint density at radius 1 is 1.25 bits per heavy atom. The molecule has 0 aliphatic rings. The summed E-state index contributed by atoms with van der Waals surface area (Å²) < 4.78 is 4.98. The molecular weight excluding hydrogens is 268 g/mol. The first kappa shape index (κ1) is 17.9. The average molecular weight is 288 g/mol. The van der Waals surface area contributed by atoms with Crippen LogP contribution in [-0.4, -0.2) is 53.0 Å².